The molecule has 1 fully saturated rings. The Morgan fingerprint density at radius 3 is 2.44 bits per heavy atom. The van der Waals surface area contributed by atoms with Crippen LogP contribution in [0.3, 0.4) is 0 Å². The van der Waals surface area contributed by atoms with Crippen LogP contribution in [-0.4, -0.2) is 89.7 Å². The van der Waals surface area contributed by atoms with Crippen LogP contribution in [0.5, 0.6) is 5.75 Å². The van der Waals surface area contributed by atoms with Crippen molar-refractivity contribution < 1.29 is 38.6 Å². The number of para-hydroxylation sites is 1. The number of amides is 1. The van der Waals surface area contributed by atoms with Crippen LogP contribution < -0.4 is 20.7 Å². The molecule has 6 unspecified atom stereocenters. The SMILES string of the molecule is CC#CC(N)(C(O)C1ON1B(O)P(NC(C)C(=O)OC(C)C)Oc1ccccc1)N(C=O)/C=C\C=O.CNC. The van der Waals surface area contributed by atoms with Gasteiger partial charge in [-0.15, -0.1) is 5.92 Å². The summed E-state index contributed by atoms with van der Waals surface area (Å²) in [5, 5.41) is 27.6. The standard InChI is InChI=1S/C22H30BN4O8P.C2H7N/c1-5-12-22(24,26(15-29)13-9-14-28)19(30)20-27(34-20)23(32)36(35-18-10-7-6-8-11-18)25-17(4)21(31)33-16(2)3;1-3-2/h6-11,13-17,19-20,25,30,32H,24H2,1-4H3;3H,1-2H3/b13-9-;. The molecule has 1 saturated heterocycles. The van der Waals surface area contributed by atoms with Gasteiger partial charge in [-0.1, -0.05) is 24.1 Å². The van der Waals surface area contributed by atoms with Crippen LogP contribution in [0.15, 0.2) is 42.6 Å². The summed E-state index contributed by atoms with van der Waals surface area (Å²) in [4.78, 5) is 41.8. The summed E-state index contributed by atoms with van der Waals surface area (Å²) in [6.07, 6.45) is -0.376. The highest BCUT2D eigenvalue weighted by atomic mass is 31.1. The van der Waals surface area contributed by atoms with Crippen molar-refractivity contribution in [3.8, 4) is 17.6 Å². The Kier molecular flexibility index (Phi) is 14.9. The fourth-order valence-electron chi connectivity index (χ4n) is 2.98. The van der Waals surface area contributed by atoms with Gasteiger partial charge in [0.1, 0.15) is 24.2 Å². The molecule has 0 spiro atoms. The van der Waals surface area contributed by atoms with Crippen LogP contribution in [0.1, 0.15) is 27.7 Å². The van der Waals surface area contributed by atoms with E-state index in [1.807, 2.05) is 14.1 Å². The van der Waals surface area contributed by atoms with Crippen molar-refractivity contribution in [3.05, 3.63) is 42.6 Å². The number of hydrogen-bond donors (Lipinski definition) is 5. The van der Waals surface area contributed by atoms with Gasteiger partial charge in [-0.05, 0) is 60.0 Å². The summed E-state index contributed by atoms with van der Waals surface area (Å²) >= 11 is 0. The number of allylic oxidation sites excluding steroid dienone is 1. The van der Waals surface area contributed by atoms with Gasteiger partial charge in [0.15, 0.2) is 20.1 Å². The minimum atomic E-state index is -2.02. The van der Waals surface area contributed by atoms with Crippen molar-refractivity contribution in [2.45, 2.75) is 57.8 Å². The van der Waals surface area contributed by atoms with E-state index in [9.17, 15) is 24.5 Å². The highest BCUT2D eigenvalue weighted by molar-refractivity contribution is 7.83. The zero-order valence-electron chi connectivity index (χ0n) is 22.8. The fraction of sp³-hybridized carbons (Fsp3) is 0.458. The van der Waals surface area contributed by atoms with Gasteiger partial charge in [0, 0.05) is 6.20 Å². The summed E-state index contributed by atoms with van der Waals surface area (Å²) in [5.41, 5.74) is 4.24. The van der Waals surface area contributed by atoms with Crippen LogP contribution in [-0.2, 0) is 24.0 Å². The van der Waals surface area contributed by atoms with Gasteiger partial charge in [-0.3, -0.25) is 34.9 Å². The van der Waals surface area contributed by atoms with Gasteiger partial charge < -0.3 is 24.7 Å². The lowest BCUT2D eigenvalue weighted by Crippen LogP contribution is -2.63. The first-order valence-corrected chi connectivity index (χ1v) is 13.3. The number of aliphatic hydroxyl groups is 1. The molecule has 39 heavy (non-hydrogen) atoms. The number of aliphatic hydroxyl groups excluding tert-OH is 1. The lowest BCUT2D eigenvalue weighted by molar-refractivity contribution is -0.148. The Morgan fingerprint density at radius 2 is 1.92 bits per heavy atom. The molecule has 6 N–H and O–H groups in total. The average Bonchev–Trinajstić information content (AvgIpc) is 3.69. The molecule has 0 bridgehead atoms. The topological polar surface area (TPSA) is 179 Å². The van der Waals surface area contributed by atoms with E-state index in [0.717, 1.165) is 22.2 Å². The molecule has 214 valence electrons. The molecule has 0 aromatic heterocycles. The van der Waals surface area contributed by atoms with E-state index in [-0.39, 0.29) is 6.10 Å². The van der Waals surface area contributed by atoms with Gasteiger partial charge >= 0.3 is 12.7 Å². The summed E-state index contributed by atoms with van der Waals surface area (Å²) in [5.74, 6) is 4.95. The van der Waals surface area contributed by atoms with E-state index in [0.29, 0.717) is 18.4 Å². The second-order valence-corrected chi connectivity index (χ2v) is 9.96. The fourth-order valence-corrected chi connectivity index (χ4v) is 4.49. The van der Waals surface area contributed by atoms with Crippen LogP contribution in [0.2, 0.25) is 0 Å². The van der Waals surface area contributed by atoms with E-state index in [1.54, 1.807) is 51.1 Å². The number of esters is 1. The van der Waals surface area contributed by atoms with Crippen LogP contribution >= 0.6 is 8.18 Å². The molecule has 1 heterocycles. The maximum atomic E-state index is 12.3. The Morgan fingerprint density at radius 1 is 1.31 bits per heavy atom. The lowest BCUT2D eigenvalue weighted by Gasteiger charge is -2.35. The Hall–Kier alpha value is -2.86. The van der Waals surface area contributed by atoms with E-state index in [2.05, 4.69) is 22.2 Å². The van der Waals surface area contributed by atoms with Crippen LogP contribution in [0.4, 0.5) is 0 Å². The molecule has 0 aliphatic carbocycles. The van der Waals surface area contributed by atoms with E-state index < -0.39 is 45.0 Å². The molecule has 0 radical (unpaired) electrons. The molecule has 1 aliphatic rings. The van der Waals surface area contributed by atoms with E-state index in [1.165, 1.54) is 6.92 Å². The zero-order valence-corrected chi connectivity index (χ0v) is 23.7. The molecular weight excluding hydrogens is 528 g/mol. The quantitative estimate of drug-likeness (QED) is 0.0296. The smallest absolute Gasteiger partial charge is 0.463 e. The number of nitrogens with zero attached hydrogens (tertiary/aromatic N) is 2. The molecular formula is C24H37BN5O8P. The molecule has 1 aromatic carbocycles. The molecule has 1 aliphatic heterocycles. The number of aldehydes is 1. The van der Waals surface area contributed by atoms with E-state index >= 15 is 0 Å². The number of carbonyl (C=O) groups is 3. The lowest BCUT2D eigenvalue weighted by atomic mass is 10.0. The Balaban J connectivity index is 0.00000242. The molecule has 2 rings (SSSR count). The second kappa shape index (κ2) is 17.0. The van der Waals surface area contributed by atoms with Crippen molar-refractivity contribution in [1.82, 2.24) is 20.3 Å². The normalized spacial score (nSPS) is 19.6. The number of carbonyl (C=O) groups excluding carboxylic acids is 3. The van der Waals surface area contributed by atoms with Gasteiger partial charge in [0.2, 0.25) is 6.41 Å². The predicted molar refractivity (Wildman–Crippen MR) is 147 cm³/mol. The maximum Gasteiger partial charge on any atom is 0.497 e. The van der Waals surface area contributed by atoms with Crippen LogP contribution in [0.25, 0.3) is 0 Å². The third-order valence-corrected chi connectivity index (χ3v) is 6.45. The highest BCUT2D eigenvalue weighted by Crippen LogP contribution is 2.43. The summed E-state index contributed by atoms with van der Waals surface area (Å²) < 4.78 is 11.1. The third kappa shape index (κ3) is 10.3. The number of hydrogen-bond acceptors (Lipinski definition) is 12. The highest BCUT2D eigenvalue weighted by Gasteiger charge is 2.59. The first-order valence-electron chi connectivity index (χ1n) is 12.0. The second-order valence-electron chi connectivity index (χ2n) is 8.40. The summed E-state index contributed by atoms with van der Waals surface area (Å²) in [6, 6.07) is 7.74. The predicted octanol–water partition coefficient (Wildman–Crippen LogP) is -0.0967. The first kappa shape index (κ1) is 34.2. The minimum Gasteiger partial charge on any atom is -0.463 e. The summed E-state index contributed by atoms with van der Waals surface area (Å²) in [6.45, 7) is 4.95. The molecule has 6 atom stereocenters. The molecule has 1 aromatic rings. The summed E-state index contributed by atoms with van der Waals surface area (Å²) in [7, 11) is 1.73. The van der Waals surface area contributed by atoms with Crippen molar-refractivity contribution in [2.75, 3.05) is 14.1 Å². The van der Waals surface area contributed by atoms with E-state index in [4.69, 9.17) is 19.8 Å². The molecule has 13 nitrogen and oxygen atoms in total. The van der Waals surface area contributed by atoms with Crippen molar-refractivity contribution in [3.63, 3.8) is 0 Å². The molecule has 15 heteroatoms. The molecule has 0 saturated carbocycles. The number of nitrogens with two attached hydrogens (primary N) is 1. The van der Waals surface area contributed by atoms with Gasteiger partial charge in [-0.25, -0.2) is 0 Å². The number of rotatable bonds is 14. The largest absolute Gasteiger partial charge is 0.497 e. The van der Waals surface area contributed by atoms with Gasteiger partial charge in [-0.2, -0.15) is 4.97 Å². The number of benzene rings is 1. The van der Waals surface area contributed by atoms with Gasteiger partial charge in [0.05, 0.1) is 6.10 Å². The molecule has 1 amide bonds. The monoisotopic (exact) mass is 565 g/mol. The minimum absolute atomic E-state index is 0.297. The number of hydroxylamine groups is 1. The first-order chi connectivity index (χ1) is 18.5. The average molecular weight is 565 g/mol. The maximum absolute atomic E-state index is 12.3. The Labute approximate surface area is 230 Å². The van der Waals surface area contributed by atoms with Crippen molar-refractivity contribution in [1.29, 1.82) is 0 Å². The van der Waals surface area contributed by atoms with Crippen molar-refractivity contribution >= 4 is 33.6 Å². The third-order valence-electron chi connectivity index (χ3n) is 4.76. The van der Waals surface area contributed by atoms with Crippen molar-refractivity contribution in [2.24, 2.45) is 5.73 Å². The number of ether oxygens (including phenoxy) is 1. The van der Waals surface area contributed by atoms with Crippen LogP contribution in [0, 0.1) is 11.8 Å². The zero-order chi connectivity index (χ0) is 29.6. The van der Waals surface area contributed by atoms with Gasteiger partial charge in [0.25, 0.3) is 0 Å². The Bertz CT molecular complexity index is 1010. The number of nitrogens with one attached hydrogen (secondary N) is 2.